The Kier molecular flexibility index (Phi) is 4.11. The summed E-state index contributed by atoms with van der Waals surface area (Å²) in [6.45, 7) is 2.50. The summed E-state index contributed by atoms with van der Waals surface area (Å²) >= 11 is 0. The minimum atomic E-state index is -0.523. The third-order valence-electron chi connectivity index (χ3n) is 2.60. The van der Waals surface area contributed by atoms with Crippen LogP contribution in [0.15, 0.2) is 30.5 Å². The molecule has 1 amide bonds. The Bertz CT molecular complexity index is 613. The number of nitrogens with one attached hydrogen (secondary N) is 1. The number of amides is 1. The maximum Gasteiger partial charge on any atom is 0.285 e. The van der Waals surface area contributed by atoms with Gasteiger partial charge in [0.1, 0.15) is 23.0 Å². The van der Waals surface area contributed by atoms with Gasteiger partial charge in [-0.05, 0) is 31.2 Å². The summed E-state index contributed by atoms with van der Waals surface area (Å²) in [4.78, 5) is 19.6. The van der Waals surface area contributed by atoms with Crippen molar-refractivity contribution >= 4 is 11.7 Å². The van der Waals surface area contributed by atoms with Crippen LogP contribution in [0.3, 0.4) is 0 Å². The second-order valence-electron chi connectivity index (χ2n) is 3.92. The summed E-state index contributed by atoms with van der Waals surface area (Å²) in [5.41, 5.74) is 9.06. The van der Waals surface area contributed by atoms with Gasteiger partial charge < -0.3 is 10.5 Å². The number of nitrogens with two attached hydrogens (primary N) is 2. The van der Waals surface area contributed by atoms with Gasteiger partial charge in [0.15, 0.2) is 0 Å². The Morgan fingerprint density at radius 3 is 2.65 bits per heavy atom. The first-order chi connectivity index (χ1) is 9.65. The number of aromatic nitrogens is 2. The van der Waals surface area contributed by atoms with Gasteiger partial charge in [-0.25, -0.2) is 15.8 Å². The van der Waals surface area contributed by atoms with E-state index in [9.17, 15) is 4.79 Å². The average molecular weight is 273 g/mol. The first-order valence-electron chi connectivity index (χ1n) is 6.02. The van der Waals surface area contributed by atoms with Crippen molar-refractivity contribution in [3.63, 3.8) is 0 Å². The van der Waals surface area contributed by atoms with E-state index in [4.69, 9.17) is 16.3 Å². The van der Waals surface area contributed by atoms with Gasteiger partial charge in [-0.15, -0.1) is 0 Å². The lowest BCUT2D eigenvalue weighted by Gasteiger charge is -2.08. The van der Waals surface area contributed by atoms with Gasteiger partial charge in [-0.3, -0.25) is 10.2 Å². The van der Waals surface area contributed by atoms with Gasteiger partial charge in [0, 0.05) is 5.56 Å². The second-order valence-corrected chi connectivity index (χ2v) is 3.92. The molecule has 0 saturated carbocycles. The number of nitrogen functional groups attached to an aromatic ring is 2. The first kappa shape index (κ1) is 13.8. The minimum absolute atomic E-state index is 0.102. The van der Waals surface area contributed by atoms with Gasteiger partial charge in [-0.1, -0.05) is 0 Å². The lowest BCUT2D eigenvalue weighted by Crippen LogP contribution is -2.31. The maximum atomic E-state index is 11.4. The van der Waals surface area contributed by atoms with E-state index in [-0.39, 0.29) is 11.5 Å². The molecule has 0 saturated heterocycles. The standard InChI is InChI=1S/C13H15N5O2/c1-2-20-9-5-3-8(4-6-9)11-12(14)16-7-10(17-11)13(19)18-15/h3-7H,2,15H2,1H3,(H2,14,16)(H,18,19). The highest BCUT2D eigenvalue weighted by atomic mass is 16.5. The van der Waals surface area contributed by atoms with E-state index >= 15 is 0 Å². The molecule has 0 aliphatic heterocycles. The lowest BCUT2D eigenvalue weighted by atomic mass is 10.1. The summed E-state index contributed by atoms with van der Waals surface area (Å²) in [5.74, 6) is 5.53. The molecule has 0 unspecified atom stereocenters. The van der Waals surface area contributed by atoms with Crippen LogP contribution in [0.25, 0.3) is 11.3 Å². The molecule has 1 heterocycles. The fourth-order valence-corrected chi connectivity index (χ4v) is 1.67. The Hall–Kier alpha value is -2.67. The van der Waals surface area contributed by atoms with Crippen LogP contribution in [0.4, 0.5) is 5.82 Å². The molecule has 1 aromatic carbocycles. The zero-order valence-electron chi connectivity index (χ0n) is 11.0. The van der Waals surface area contributed by atoms with E-state index < -0.39 is 5.91 Å². The fraction of sp³-hybridized carbons (Fsp3) is 0.154. The predicted octanol–water partition coefficient (Wildman–Crippen LogP) is 0.728. The number of rotatable bonds is 4. The molecule has 104 valence electrons. The summed E-state index contributed by atoms with van der Waals surface area (Å²) in [5, 5.41) is 0. The molecule has 20 heavy (non-hydrogen) atoms. The zero-order chi connectivity index (χ0) is 14.5. The van der Waals surface area contributed by atoms with Crippen molar-refractivity contribution < 1.29 is 9.53 Å². The Balaban J connectivity index is 2.38. The highest BCUT2D eigenvalue weighted by Gasteiger charge is 2.12. The van der Waals surface area contributed by atoms with Crippen molar-refractivity contribution in [1.29, 1.82) is 0 Å². The largest absolute Gasteiger partial charge is 0.494 e. The molecule has 0 fully saturated rings. The smallest absolute Gasteiger partial charge is 0.285 e. The van der Waals surface area contributed by atoms with E-state index in [1.165, 1.54) is 6.20 Å². The molecule has 2 rings (SSSR count). The molecule has 0 aliphatic carbocycles. The number of benzene rings is 1. The number of anilines is 1. The average Bonchev–Trinajstić information content (AvgIpc) is 2.48. The van der Waals surface area contributed by atoms with Gasteiger partial charge >= 0.3 is 0 Å². The molecular weight excluding hydrogens is 258 g/mol. The first-order valence-corrected chi connectivity index (χ1v) is 6.02. The number of nitrogens with zero attached hydrogens (tertiary/aromatic N) is 2. The van der Waals surface area contributed by atoms with E-state index in [0.29, 0.717) is 12.3 Å². The molecule has 0 atom stereocenters. The van der Waals surface area contributed by atoms with E-state index in [2.05, 4.69) is 9.97 Å². The topological polar surface area (TPSA) is 116 Å². The number of carbonyl (C=O) groups excluding carboxylic acids is 1. The molecule has 0 aliphatic rings. The van der Waals surface area contributed by atoms with Crippen LogP contribution in [0, 0.1) is 0 Å². The SMILES string of the molecule is CCOc1ccc(-c2nc(C(=O)NN)cnc2N)cc1. The van der Waals surface area contributed by atoms with Crippen molar-refractivity contribution in [2.75, 3.05) is 12.3 Å². The van der Waals surface area contributed by atoms with Crippen molar-refractivity contribution in [3.05, 3.63) is 36.2 Å². The predicted molar refractivity (Wildman–Crippen MR) is 74.7 cm³/mol. The molecule has 1 aromatic heterocycles. The van der Waals surface area contributed by atoms with Crippen LogP contribution in [0.2, 0.25) is 0 Å². The highest BCUT2D eigenvalue weighted by molar-refractivity contribution is 5.92. The third kappa shape index (κ3) is 2.83. The van der Waals surface area contributed by atoms with Crippen LogP contribution >= 0.6 is 0 Å². The number of hydrogen-bond donors (Lipinski definition) is 3. The Morgan fingerprint density at radius 2 is 2.05 bits per heavy atom. The Labute approximate surface area is 115 Å². The van der Waals surface area contributed by atoms with E-state index in [1.807, 2.05) is 12.3 Å². The van der Waals surface area contributed by atoms with Gasteiger partial charge in [0.25, 0.3) is 5.91 Å². The fourth-order valence-electron chi connectivity index (χ4n) is 1.67. The molecule has 0 radical (unpaired) electrons. The second kappa shape index (κ2) is 5.98. The number of carbonyl (C=O) groups is 1. The molecule has 7 nitrogen and oxygen atoms in total. The van der Waals surface area contributed by atoms with Gasteiger partial charge in [-0.2, -0.15) is 0 Å². The highest BCUT2D eigenvalue weighted by Crippen LogP contribution is 2.24. The summed E-state index contributed by atoms with van der Waals surface area (Å²) in [6.07, 6.45) is 1.27. The number of ether oxygens (including phenoxy) is 1. The quantitative estimate of drug-likeness (QED) is 0.429. The molecule has 2 aromatic rings. The van der Waals surface area contributed by atoms with Crippen LogP contribution < -0.4 is 21.7 Å². The van der Waals surface area contributed by atoms with Crippen LogP contribution in [-0.4, -0.2) is 22.5 Å². The monoisotopic (exact) mass is 273 g/mol. The maximum absolute atomic E-state index is 11.4. The van der Waals surface area contributed by atoms with Crippen molar-refractivity contribution in [2.24, 2.45) is 5.84 Å². The van der Waals surface area contributed by atoms with Crippen LogP contribution in [0.1, 0.15) is 17.4 Å². The van der Waals surface area contributed by atoms with Gasteiger partial charge in [0.05, 0.1) is 12.8 Å². The summed E-state index contributed by atoms with van der Waals surface area (Å²) < 4.78 is 5.36. The molecule has 0 bridgehead atoms. The number of hydrazine groups is 1. The minimum Gasteiger partial charge on any atom is -0.494 e. The van der Waals surface area contributed by atoms with Gasteiger partial charge in [0.2, 0.25) is 0 Å². The van der Waals surface area contributed by atoms with E-state index in [0.717, 1.165) is 11.3 Å². The summed E-state index contributed by atoms with van der Waals surface area (Å²) in [6, 6.07) is 7.20. The van der Waals surface area contributed by atoms with Crippen LogP contribution in [0.5, 0.6) is 5.75 Å². The number of hydrogen-bond acceptors (Lipinski definition) is 6. The molecular formula is C13H15N5O2. The van der Waals surface area contributed by atoms with E-state index in [1.54, 1.807) is 24.3 Å². The van der Waals surface area contributed by atoms with Crippen molar-refractivity contribution in [3.8, 4) is 17.0 Å². The van der Waals surface area contributed by atoms with Crippen LogP contribution in [-0.2, 0) is 0 Å². The lowest BCUT2D eigenvalue weighted by molar-refractivity contribution is 0.0948. The molecule has 7 heteroatoms. The van der Waals surface area contributed by atoms with Crippen molar-refractivity contribution in [1.82, 2.24) is 15.4 Å². The summed E-state index contributed by atoms with van der Waals surface area (Å²) in [7, 11) is 0. The third-order valence-corrected chi connectivity index (χ3v) is 2.60. The normalized spacial score (nSPS) is 10.1. The molecule has 5 N–H and O–H groups in total. The van der Waals surface area contributed by atoms with Crippen molar-refractivity contribution in [2.45, 2.75) is 6.92 Å². The Morgan fingerprint density at radius 1 is 1.35 bits per heavy atom. The zero-order valence-corrected chi connectivity index (χ0v) is 11.0. The molecule has 0 spiro atoms.